The van der Waals surface area contributed by atoms with E-state index in [-0.39, 0.29) is 25.3 Å². The summed E-state index contributed by atoms with van der Waals surface area (Å²) in [6, 6.07) is 24.8. The van der Waals surface area contributed by atoms with Gasteiger partial charge < -0.3 is 28.9 Å². The van der Waals surface area contributed by atoms with Crippen molar-refractivity contribution in [2.45, 2.75) is 123 Å². The van der Waals surface area contributed by atoms with Crippen LogP contribution < -0.4 is 5.32 Å². The number of carbonyl (C=O) groups is 1. The van der Waals surface area contributed by atoms with Crippen molar-refractivity contribution in [1.82, 2.24) is 0 Å². The number of ether oxygens (including phenoxy) is 3. The molecule has 0 bridgehead atoms. The van der Waals surface area contributed by atoms with Crippen molar-refractivity contribution in [2.75, 3.05) is 66.0 Å². The Morgan fingerprint density at radius 1 is 0.803 bits per heavy atom. The molecule has 0 heterocycles. The molecule has 0 aliphatic rings. The molecule has 5 aromatic carbocycles. The summed E-state index contributed by atoms with van der Waals surface area (Å²) in [6.45, 7) is 4.97. The molecule has 0 aliphatic carbocycles. The van der Waals surface area contributed by atoms with Gasteiger partial charge in [0.15, 0.2) is 6.29 Å². The number of carbonyl (C=O) groups excluding carboxylic acids is 1. The minimum atomic E-state index is -4.67. The highest BCUT2D eigenvalue weighted by atomic mass is 31.2. The van der Waals surface area contributed by atoms with E-state index >= 15 is 0 Å². The Morgan fingerprint density at radius 3 is 2.24 bits per heavy atom. The number of nitrogens with zero attached hydrogens (tertiary/aromatic N) is 2. The maximum atomic E-state index is 13.2. The zero-order chi connectivity index (χ0) is 47.4. The molecule has 0 aliphatic heterocycles. The molecule has 14 nitrogen and oxygen atoms in total. The number of phosphoric ester groups is 1. The second-order valence-electron chi connectivity index (χ2n) is 18.4. The van der Waals surface area contributed by atoms with E-state index in [4.69, 9.17) is 28.3 Å². The molecule has 362 valence electrons. The highest BCUT2D eigenvalue weighted by Crippen LogP contribution is 2.43. The fraction of sp³-hybridized carbons (Fsp3) is 0.549. The maximum Gasteiger partial charge on any atom is 0.499 e. The minimum Gasteiger partial charge on any atom is -0.457 e. The molecule has 0 fully saturated rings. The van der Waals surface area contributed by atoms with E-state index in [2.05, 4.69) is 66.8 Å². The first-order valence-electron chi connectivity index (χ1n) is 23.9. The van der Waals surface area contributed by atoms with Crippen LogP contribution in [0.2, 0.25) is 0 Å². The summed E-state index contributed by atoms with van der Waals surface area (Å²) in [6.07, 6.45) is 11.5. The lowest BCUT2D eigenvalue weighted by Crippen LogP contribution is -2.37. The Hall–Kier alpha value is -4.24. The van der Waals surface area contributed by atoms with Crippen LogP contribution in [0.5, 0.6) is 0 Å². The molecule has 0 aromatic heterocycles. The van der Waals surface area contributed by atoms with Gasteiger partial charge in [0.2, 0.25) is 0 Å². The predicted molar refractivity (Wildman–Crippen MR) is 262 cm³/mol. The third-order valence-electron chi connectivity index (χ3n) is 11.7. The van der Waals surface area contributed by atoms with Crippen LogP contribution in [-0.4, -0.2) is 93.3 Å². The highest BCUT2D eigenvalue weighted by molar-refractivity contribution is 7.47. The van der Waals surface area contributed by atoms with Crippen molar-refractivity contribution in [1.29, 1.82) is 0 Å². The van der Waals surface area contributed by atoms with Crippen LogP contribution in [0.4, 0.5) is 11.4 Å². The summed E-state index contributed by atoms with van der Waals surface area (Å²) in [5, 5.41) is 22.3. The molecule has 3 unspecified atom stereocenters. The van der Waals surface area contributed by atoms with Crippen molar-refractivity contribution in [3.8, 4) is 0 Å². The predicted octanol–water partition coefficient (Wildman–Crippen LogP) is 12.0. The van der Waals surface area contributed by atoms with Crippen LogP contribution >= 0.6 is 7.82 Å². The van der Waals surface area contributed by atoms with E-state index < -0.39 is 37.7 Å². The average molecular weight is 935 g/mol. The molecule has 15 heteroatoms. The number of phosphoric acid groups is 1. The number of nitro benzene ring substituents is 1. The van der Waals surface area contributed by atoms with Crippen LogP contribution in [-0.2, 0) is 44.1 Å². The number of unbranched alkanes of at least 4 members (excludes halogenated alkanes) is 9. The van der Waals surface area contributed by atoms with Crippen LogP contribution in [0.25, 0.3) is 32.3 Å². The van der Waals surface area contributed by atoms with Crippen LogP contribution in [0, 0.1) is 17.0 Å². The molecule has 5 rings (SSSR count). The van der Waals surface area contributed by atoms with Gasteiger partial charge in [0.25, 0.3) is 5.69 Å². The van der Waals surface area contributed by atoms with Crippen LogP contribution in [0.3, 0.4) is 0 Å². The second-order valence-corrected chi connectivity index (χ2v) is 19.7. The minimum absolute atomic E-state index is 0.0219. The SMILES string of the molecule is CCCCCCCCCC(OCCCCc1ccc2ccc3cccc4ccc1c2c34)OCC(COP(=O)(O)OOCC[N+](C)(C)C)OC(=O)CCCCCNc1ccc(C)cc1[N+](=O)[O-]. The van der Waals surface area contributed by atoms with Gasteiger partial charge in [0.1, 0.15) is 24.9 Å². The molecule has 2 N–H and O–H groups in total. The molecule has 3 atom stereocenters. The molecule has 0 radical (unpaired) electrons. The summed E-state index contributed by atoms with van der Waals surface area (Å²) in [5.41, 5.74) is 2.59. The van der Waals surface area contributed by atoms with Gasteiger partial charge >= 0.3 is 13.8 Å². The monoisotopic (exact) mass is 934 g/mol. The fourth-order valence-electron chi connectivity index (χ4n) is 8.05. The summed E-state index contributed by atoms with van der Waals surface area (Å²) in [4.78, 5) is 39.6. The van der Waals surface area contributed by atoms with Gasteiger partial charge in [0.05, 0.1) is 39.3 Å². The largest absolute Gasteiger partial charge is 0.499 e. The van der Waals surface area contributed by atoms with E-state index in [1.807, 2.05) is 27.2 Å². The van der Waals surface area contributed by atoms with Gasteiger partial charge in [-0.1, -0.05) is 113 Å². The quantitative estimate of drug-likeness (QED) is 0.00462. The number of esters is 1. The summed E-state index contributed by atoms with van der Waals surface area (Å²) in [5.74, 6) is -0.515. The van der Waals surface area contributed by atoms with Gasteiger partial charge in [-0.3, -0.25) is 19.4 Å². The maximum absolute atomic E-state index is 13.2. The number of anilines is 1. The molecule has 66 heavy (non-hydrogen) atoms. The zero-order valence-corrected chi connectivity index (χ0v) is 40.7. The normalized spacial score (nSPS) is 13.9. The average Bonchev–Trinajstić information content (AvgIpc) is 3.28. The lowest BCUT2D eigenvalue weighted by atomic mass is 9.91. The summed E-state index contributed by atoms with van der Waals surface area (Å²) < 4.78 is 41.8. The van der Waals surface area contributed by atoms with Gasteiger partial charge in [-0.15, -0.1) is 4.67 Å². The molecule has 0 amide bonds. The molecular formula is C51H73N3O11P+. The van der Waals surface area contributed by atoms with E-state index in [0.29, 0.717) is 55.6 Å². The fourth-order valence-corrected chi connectivity index (χ4v) is 8.66. The Bertz CT molecular complexity index is 2290. The Balaban J connectivity index is 1.15. The van der Waals surface area contributed by atoms with Crippen molar-refractivity contribution in [3.05, 3.63) is 94.0 Å². The number of benzene rings is 5. The van der Waals surface area contributed by atoms with E-state index in [1.54, 1.807) is 13.0 Å². The second kappa shape index (κ2) is 26.9. The first-order chi connectivity index (χ1) is 31.7. The smallest absolute Gasteiger partial charge is 0.457 e. The lowest BCUT2D eigenvalue weighted by molar-refractivity contribution is -0.871. The third kappa shape index (κ3) is 17.8. The number of hydrogen-bond acceptors (Lipinski definition) is 11. The number of quaternary nitrogens is 1. The highest BCUT2D eigenvalue weighted by Gasteiger charge is 2.28. The van der Waals surface area contributed by atoms with Crippen LogP contribution in [0.15, 0.2) is 72.8 Å². The molecule has 0 saturated heterocycles. The first-order valence-corrected chi connectivity index (χ1v) is 25.4. The van der Waals surface area contributed by atoms with E-state index in [9.17, 15) is 24.4 Å². The number of nitrogens with one attached hydrogen (secondary N) is 1. The Labute approximate surface area is 390 Å². The summed E-state index contributed by atoms with van der Waals surface area (Å²) >= 11 is 0. The molecular weight excluding hydrogens is 862 g/mol. The number of aryl methyl sites for hydroxylation is 2. The number of nitro groups is 1. The summed E-state index contributed by atoms with van der Waals surface area (Å²) in [7, 11) is 1.19. The van der Waals surface area contributed by atoms with Gasteiger partial charge in [-0.25, -0.2) is 9.45 Å². The Kier molecular flexibility index (Phi) is 21.5. The Morgan fingerprint density at radius 2 is 1.50 bits per heavy atom. The van der Waals surface area contributed by atoms with Gasteiger partial charge in [0, 0.05) is 25.6 Å². The molecule has 0 spiro atoms. The zero-order valence-electron chi connectivity index (χ0n) is 39.8. The van der Waals surface area contributed by atoms with Gasteiger partial charge in [-0.2, -0.15) is 0 Å². The number of likely N-dealkylation sites (N-methyl/N-ethyl adjacent to an activating group) is 1. The van der Waals surface area contributed by atoms with Crippen molar-refractivity contribution in [2.24, 2.45) is 0 Å². The lowest BCUT2D eigenvalue weighted by Gasteiger charge is -2.24. The standard InChI is InChI=1S/C51H72N3O11P/c1-6-7-8-9-10-11-14-23-49(60-34-17-15-19-40-25-26-43-28-27-41-20-18-21-42-29-30-45(40)51(43)50(41)42)61-37-44(38-63-66(58,59)65-62-35-33-54(3,4)5)64-48(55)22-13-12-16-32-52-46-31-24-39(2)36-47(46)53(56)57/h18,20-21,24-31,36,44,49,52H,6-17,19,22-23,32-35,37-38H2,1-5H3/p+1. The molecule has 5 aromatic rings. The number of hydrogen-bond donors (Lipinski definition) is 2. The van der Waals surface area contributed by atoms with Crippen molar-refractivity contribution in [3.63, 3.8) is 0 Å². The molecule has 0 saturated carbocycles. The van der Waals surface area contributed by atoms with E-state index in [1.165, 1.54) is 69.6 Å². The topological polar surface area (TPSA) is 165 Å². The third-order valence-corrected chi connectivity index (χ3v) is 12.5. The van der Waals surface area contributed by atoms with Gasteiger partial charge in [-0.05, 0) is 101 Å². The number of rotatable bonds is 34. The van der Waals surface area contributed by atoms with Crippen molar-refractivity contribution < 1.29 is 52.0 Å². The van der Waals surface area contributed by atoms with E-state index in [0.717, 1.165) is 44.1 Å². The van der Waals surface area contributed by atoms with Crippen LogP contribution in [0.1, 0.15) is 108 Å². The first kappa shape index (κ1) is 52.7. The van der Waals surface area contributed by atoms with Crippen molar-refractivity contribution >= 4 is 57.5 Å².